The summed E-state index contributed by atoms with van der Waals surface area (Å²) in [5.74, 6) is 0.838. The number of para-hydroxylation sites is 1. The zero-order valence-corrected chi connectivity index (χ0v) is 15.4. The van der Waals surface area contributed by atoms with E-state index in [1.165, 1.54) is 0 Å². The quantitative estimate of drug-likeness (QED) is 0.722. The molecule has 0 saturated heterocycles. The Morgan fingerprint density at radius 3 is 2.61 bits per heavy atom. The maximum Gasteiger partial charge on any atom is 0.240 e. The summed E-state index contributed by atoms with van der Waals surface area (Å²) in [4.78, 5) is 25.8. The number of carbonyl (C=O) groups is 2. The highest BCUT2D eigenvalue weighted by molar-refractivity contribution is 6.15. The van der Waals surface area contributed by atoms with Crippen LogP contribution in [0.1, 0.15) is 23.1 Å². The number of nitrogens with zero attached hydrogens (tertiary/aromatic N) is 2. The first-order valence-electron chi connectivity index (χ1n) is 8.99. The number of rotatable bonds is 2. The lowest BCUT2D eigenvalue weighted by Crippen LogP contribution is -2.43. The molecule has 0 unspecified atom stereocenters. The lowest BCUT2D eigenvalue weighted by atomic mass is 9.71. The van der Waals surface area contributed by atoms with E-state index >= 15 is 0 Å². The first kappa shape index (κ1) is 16.6. The molecule has 7 nitrogen and oxygen atoms in total. The largest absolute Gasteiger partial charge is 0.497 e. The van der Waals surface area contributed by atoms with Crippen LogP contribution in [-0.2, 0) is 15.0 Å². The third kappa shape index (κ3) is 2.07. The van der Waals surface area contributed by atoms with Gasteiger partial charge in [0.1, 0.15) is 17.0 Å². The molecule has 2 N–H and O–H groups in total. The van der Waals surface area contributed by atoms with E-state index < -0.39 is 5.41 Å². The van der Waals surface area contributed by atoms with Gasteiger partial charge >= 0.3 is 0 Å². The molecule has 3 aromatic rings. The number of nitrogens with one attached hydrogen (secondary N) is 2. The molecular formula is C21H18N4O3. The number of hydrogen-bond donors (Lipinski definition) is 2. The summed E-state index contributed by atoms with van der Waals surface area (Å²) >= 11 is 0. The van der Waals surface area contributed by atoms with E-state index in [0.29, 0.717) is 11.4 Å². The average molecular weight is 374 g/mol. The van der Waals surface area contributed by atoms with Crippen LogP contribution in [0.4, 0.5) is 11.5 Å². The monoisotopic (exact) mass is 374 g/mol. The minimum Gasteiger partial charge on any atom is -0.497 e. The second-order valence-corrected chi connectivity index (χ2v) is 7.10. The number of carbonyl (C=O) groups excluding carboxylic acids is 2. The first-order valence-corrected chi connectivity index (χ1v) is 8.99. The molecular weight excluding hydrogens is 356 g/mol. The van der Waals surface area contributed by atoms with Gasteiger partial charge in [-0.05, 0) is 42.3 Å². The Balaban J connectivity index is 1.72. The minimum atomic E-state index is -1.07. The van der Waals surface area contributed by atoms with Crippen LogP contribution in [0.25, 0.3) is 5.69 Å². The lowest BCUT2D eigenvalue weighted by Gasteiger charge is -2.31. The third-order valence-electron chi connectivity index (χ3n) is 5.59. The molecule has 7 heteroatoms. The fraction of sp³-hybridized carbons (Fsp3) is 0.190. The molecule has 1 aromatic heterocycles. The minimum absolute atomic E-state index is 0.0522. The molecule has 2 amide bonds. The predicted octanol–water partition coefficient (Wildman–Crippen LogP) is 2.77. The molecule has 3 heterocycles. The average Bonchev–Trinajstić information content (AvgIpc) is 3.23. The fourth-order valence-electron chi connectivity index (χ4n) is 4.19. The van der Waals surface area contributed by atoms with Gasteiger partial charge in [-0.2, -0.15) is 5.10 Å². The van der Waals surface area contributed by atoms with Crippen molar-refractivity contribution in [2.24, 2.45) is 0 Å². The van der Waals surface area contributed by atoms with Crippen LogP contribution >= 0.6 is 0 Å². The second kappa shape index (κ2) is 5.69. The normalized spacial score (nSPS) is 19.8. The SMILES string of the molecule is COc1ccc(-n2ncc3c2NC(=O)C[C@@]32C(=O)Nc3c(C)cccc32)cc1. The van der Waals surface area contributed by atoms with Gasteiger partial charge in [-0.3, -0.25) is 9.59 Å². The second-order valence-electron chi connectivity index (χ2n) is 7.10. The Morgan fingerprint density at radius 2 is 1.86 bits per heavy atom. The number of benzene rings is 2. The highest BCUT2D eigenvalue weighted by Crippen LogP contribution is 2.50. The number of ether oxygens (including phenoxy) is 1. The number of methoxy groups -OCH3 is 1. The van der Waals surface area contributed by atoms with Crippen molar-refractivity contribution in [1.82, 2.24) is 9.78 Å². The van der Waals surface area contributed by atoms with E-state index in [-0.39, 0.29) is 18.2 Å². The van der Waals surface area contributed by atoms with Gasteiger partial charge < -0.3 is 15.4 Å². The summed E-state index contributed by atoms with van der Waals surface area (Å²) in [5.41, 5.74) is 2.97. The Kier molecular flexibility index (Phi) is 3.37. The van der Waals surface area contributed by atoms with Gasteiger partial charge in [-0.15, -0.1) is 0 Å². The van der Waals surface area contributed by atoms with Crippen LogP contribution < -0.4 is 15.4 Å². The number of fused-ring (bicyclic) bond motifs is 4. The molecule has 28 heavy (non-hydrogen) atoms. The number of anilines is 2. The fourth-order valence-corrected chi connectivity index (χ4v) is 4.19. The summed E-state index contributed by atoms with van der Waals surface area (Å²) in [6.07, 6.45) is 1.73. The van der Waals surface area contributed by atoms with Crippen LogP contribution in [0.15, 0.2) is 48.7 Å². The maximum absolute atomic E-state index is 13.2. The molecule has 2 aromatic carbocycles. The number of aryl methyl sites for hydroxylation is 1. The smallest absolute Gasteiger partial charge is 0.240 e. The summed E-state index contributed by atoms with van der Waals surface area (Å²) < 4.78 is 6.85. The number of aromatic nitrogens is 2. The molecule has 2 aliphatic rings. The van der Waals surface area contributed by atoms with Gasteiger partial charge in [0.15, 0.2) is 0 Å². The molecule has 0 bridgehead atoms. The van der Waals surface area contributed by atoms with E-state index in [9.17, 15) is 9.59 Å². The van der Waals surface area contributed by atoms with Crippen molar-refractivity contribution in [3.05, 3.63) is 65.4 Å². The number of amides is 2. The topological polar surface area (TPSA) is 85.2 Å². The van der Waals surface area contributed by atoms with Crippen molar-refractivity contribution < 1.29 is 14.3 Å². The maximum atomic E-state index is 13.2. The van der Waals surface area contributed by atoms with Crippen LogP contribution in [-0.4, -0.2) is 28.7 Å². The lowest BCUT2D eigenvalue weighted by molar-refractivity contribution is -0.125. The van der Waals surface area contributed by atoms with Crippen molar-refractivity contribution in [2.45, 2.75) is 18.8 Å². The van der Waals surface area contributed by atoms with Crippen LogP contribution in [0.3, 0.4) is 0 Å². The Hall–Kier alpha value is -3.61. The van der Waals surface area contributed by atoms with E-state index in [1.807, 2.05) is 49.4 Å². The summed E-state index contributed by atoms with van der Waals surface area (Å²) in [5, 5.41) is 10.4. The molecule has 2 aliphatic heterocycles. The van der Waals surface area contributed by atoms with Gasteiger partial charge in [-0.25, -0.2) is 4.68 Å². The van der Waals surface area contributed by atoms with E-state index in [1.54, 1.807) is 18.0 Å². The Morgan fingerprint density at radius 1 is 1.07 bits per heavy atom. The number of hydrogen-bond acceptors (Lipinski definition) is 4. The molecule has 5 rings (SSSR count). The molecule has 1 atom stereocenters. The molecule has 0 fully saturated rings. The molecule has 0 saturated carbocycles. The molecule has 0 aliphatic carbocycles. The summed E-state index contributed by atoms with van der Waals surface area (Å²) in [7, 11) is 1.60. The first-order chi connectivity index (χ1) is 13.5. The predicted molar refractivity (Wildman–Crippen MR) is 104 cm³/mol. The van der Waals surface area contributed by atoms with E-state index in [0.717, 1.165) is 28.3 Å². The standard InChI is InChI=1S/C21H18N4O3/c1-12-4-3-5-15-18(12)24-20(27)21(15)10-17(26)23-19-16(21)11-22-25(19)13-6-8-14(28-2)9-7-13/h3-9,11H,10H2,1-2H3,(H,23,26)(H,24,27)/t21-/m0/s1. The summed E-state index contributed by atoms with van der Waals surface area (Å²) in [6.45, 7) is 1.95. The van der Waals surface area contributed by atoms with Crippen molar-refractivity contribution in [3.63, 3.8) is 0 Å². The third-order valence-corrected chi connectivity index (χ3v) is 5.59. The summed E-state index contributed by atoms with van der Waals surface area (Å²) in [6, 6.07) is 13.1. The van der Waals surface area contributed by atoms with Gasteiger partial charge in [0, 0.05) is 17.7 Å². The Bertz CT molecular complexity index is 1130. The Labute approximate surface area is 161 Å². The van der Waals surface area contributed by atoms with Gasteiger partial charge in [0.05, 0.1) is 19.0 Å². The highest BCUT2D eigenvalue weighted by atomic mass is 16.5. The molecule has 0 radical (unpaired) electrons. The van der Waals surface area contributed by atoms with Gasteiger partial charge in [-0.1, -0.05) is 18.2 Å². The van der Waals surface area contributed by atoms with E-state index in [2.05, 4.69) is 15.7 Å². The highest BCUT2D eigenvalue weighted by Gasteiger charge is 2.54. The van der Waals surface area contributed by atoms with Gasteiger partial charge in [0.25, 0.3) is 0 Å². The van der Waals surface area contributed by atoms with Crippen LogP contribution in [0.5, 0.6) is 5.75 Å². The zero-order chi connectivity index (χ0) is 19.5. The molecule has 1 spiro atoms. The van der Waals surface area contributed by atoms with Gasteiger partial charge in [0.2, 0.25) is 11.8 Å². The van der Waals surface area contributed by atoms with E-state index in [4.69, 9.17) is 4.74 Å². The van der Waals surface area contributed by atoms with Crippen molar-refractivity contribution in [3.8, 4) is 11.4 Å². The van der Waals surface area contributed by atoms with Crippen molar-refractivity contribution in [1.29, 1.82) is 0 Å². The van der Waals surface area contributed by atoms with Crippen LogP contribution in [0.2, 0.25) is 0 Å². The van der Waals surface area contributed by atoms with Crippen molar-refractivity contribution in [2.75, 3.05) is 17.7 Å². The molecule has 140 valence electrons. The van der Waals surface area contributed by atoms with Crippen LogP contribution in [0, 0.1) is 6.92 Å². The van der Waals surface area contributed by atoms with Crippen molar-refractivity contribution >= 4 is 23.3 Å². The zero-order valence-electron chi connectivity index (χ0n) is 15.4.